The van der Waals surface area contributed by atoms with Gasteiger partial charge >= 0.3 is 0 Å². The first-order valence-corrected chi connectivity index (χ1v) is 10.8. The normalized spacial score (nSPS) is 24.6. The van der Waals surface area contributed by atoms with Crippen molar-refractivity contribution in [1.29, 1.82) is 0 Å². The first-order chi connectivity index (χ1) is 13.0. The number of nitrogens with one attached hydrogen (secondary N) is 1. The van der Waals surface area contributed by atoms with E-state index in [-0.39, 0.29) is 5.91 Å². The Hall–Kier alpha value is -1.39. The van der Waals surface area contributed by atoms with Crippen molar-refractivity contribution in [2.75, 3.05) is 19.6 Å². The third kappa shape index (κ3) is 5.32. The van der Waals surface area contributed by atoms with Gasteiger partial charge in [-0.25, -0.2) is 0 Å². The van der Waals surface area contributed by atoms with Crippen LogP contribution in [0.3, 0.4) is 0 Å². The number of aliphatic hydroxyl groups is 1. The van der Waals surface area contributed by atoms with E-state index in [0.29, 0.717) is 31.3 Å². The molecule has 0 bridgehead atoms. The third-order valence-corrected chi connectivity index (χ3v) is 6.30. The number of piperidine rings is 1. The van der Waals surface area contributed by atoms with Crippen molar-refractivity contribution in [3.63, 3.8) is 0 Å². The fourth-order valence-corrected chi connectivity index (χ4v) is 4.48. The van der Waals surface area contributed by atoms with Crippen LogP contribution in [0.15, 0.2) is 24.3 Å². The molecule has 1 aromatic rings. The number of benzene rings is 1. The Balaban J connectivity index is 1.53. The van der Waals surface area contributed by atoms with E-state index in [1.165, 1.54) is 37.7 Å². The molecule has 1 aromatic carbocycles. The second-order valence-electron chi connectivity index (χ2n) is 8.89. The van der Waals surface area contributed by atoms with Gasteiger partial charge in [0.25, 0.3) is 5.91 Å². The van der Waals surface area contributed by atoms with Crippen LogP contribution in [-0.4, -0.2) is 41.1 Å². The molecule has 1 heterocycles. The van der Waals surface area contributed by atoms with E-state index in [0.717, 1.165) is 25.1 Å². The first kappa shape index (κ1) is 20.3. The zero-order valence-electron chi connectivity index (χ0n) is 17.0. The Bertz CT molecular complexity index is 607. The van der Waals surface area contributed by atoms with Crippen LogP contribution in [0.1, 0.15) is 75.8 Å². The van der Waals surface area contributed by atoms with Crippen LogP contribution in [-0.2, 0) is 11.3 Å². The molecule has 1 amide bonds. The van der Waals surface area contributed by atoms with Gasteiger partial charge in [0.1, 0.15) is 0 Å². The van der Waals surface area contributed by atoms with Crippen LogP contribution >= 0.6 is 0 Å². The summed E-state index contributed by atoms with van der Waals surface area (Å²) >= 11 is 0. The molecule has 1 aliphatic carbocycles. The molecule has 2 N–H and O–H groups in total. The first-order valence-electron chi connectivity index (χ1n) is 10.8. The predicted molar refractivity (Wildman–Crippen MR) is 110 cm³/mol. The molecule has 4 nitrogen and oxygen atoms in total. The molecule has 1 aliphatic heterocycles. The largest absolute Gasteiger partial charge is 0.379 e. The smallest absolute Gasteiger partial charge is 0.256 e. The minimum absolute atomic E-state index is 0.113. The summed E-state index contributed by atoms with van der Waals surface area (Å²) in [6, 6.07) is 8.51. The molecule has 0 radical (unpaired) electrons. The molecule has 0 spiro atoms. The molecule has 0 aromatic heterocycles. The molecule has 150 valence electrons. The molecule has 4 heteroatoms. The zero-order chi connectivity index (χ0) is 19.3. The van der Waals surface area contributed by atoms with E-state index in [4.69, 9.17) is 0 Å². The zero-order valence-corrected chi connectivity index (χ0v) is 17.0. The fraction of sp³-hybridized carbons (Fsp3) is 0.696. The molecule has 27 heavy (non-hydrogen) atoms. The lowest BCUT2D eigenvalue weighted by Crippen LogP contribution is -2.58. The molecule has 1 saturated carbocycles. The van der Waals surface area contributed by atoms with Gasteiger partial charge < -0.3 is 15.3 Å². The Morgan fingerprint density at radius 3 is 2.52 bits per heavy atom. The van der Waals surface area contributed by atoms with E-state index >= 15 is 0 Å². The van der Waals surface area contributed by atoms with E-state index in [1.54, 1.807) is 0 Å². The summed E-state index contributed by atoms with van der Waals surface area (Å²) in [7, 11) is 0. The molecule has 2 aliphatic rings. The van der Waals surface area contributed by atoms with Crippen LogP contribution < -0.4 is 5.32 Å². The number of amides is 1. The third-order valence-electron chi connectivity index (χ3n) is 6.30. The molecular formula is C23H36N2O2. The quantitative estimate of drug-likeness (QED) is 0.765. The average molecular weight is 373 g/mol. The number of carbonyl (C=O) groups is 1. The SMILES string of the molecule is CC(C)c1ccc(CN2CCCC(O)(CNCC3CCCCC3)C2=O)cc1. The highest BCUT2D eigenvalue weighted by Crippen LogP contribution is 2.26. The van der Waals surface area contributed by atoms with Gasteiger partial charge in [0.2, 0.25) is 0 Å². The van der Waals surface area contributed by atoms with Gasteiger partial charge in [0.15, 0.2) is 5.60 Å². The van der Waals surface area contributed by atoms with Gasteiger partial charge in [0, 0.05) is 19.6 Å². The van der Waals surface area contributed by atoms with E-state index in [2.05, 4.69) is 43.4 Å². The molecule has 2 fully saturated rings. The van der Waals surface area contributed by atoms with Gasteiger partial charge in [-0.15, -0.1) is 0 Å². The second kappa shape index (κ2) is 9.20. The Morgan fingerprint density at radius 1 is 1.15 bits per heavy atom. The van der Waals surface area contributed by atoms with E-state index in [1.807, 2.05) is 4.90 Å². The van der Waals surface area contributed by atoms with Gasteiger partial charge in [-0.1, -0.05) is 57.4 Å². The standard InChI is InChI=1S/C23H36N2O2/c1-18(2)21-11-9-20(10-12-21)16-25-14-6-13-23(27,22(25)26)17-24-15-19-7-4-3-5-8-19/h9-12,18-19,24,27H,3-8,13-17H2,1-2H3. The summed E-state index contributed by atoms with van der Waals surface area (Å²) in [5.41, 5.74) is 1.20. The maximum absolute atomic E-state index is 12.9. The van der Waals surface area contributed by atoms with Gasteiger partial charge in [-0.2, -0.15) is 0 Å². The summed E-state index contributed by atoms with van der Waals surface area (Å²) in [5.74, 6) is 1.10. The minimum Gasteiger partial charge on any atom is -0.379 e. The highest BCUT2D eigenvalue weighted by atomic mass is 16.3. The summed E-state index contributed by atoms with van der Waals surface area (Å²) in [5, 5.41) is 14.4. The highest BCUT2D eigenvalue weighted by Gasteiger charge is 2.41. The summed E-state index contributed by atoms with van der Waals surface area (Å²) in [6.45, 7) is 6.99. The van der Waals surface area contributed by atoms with Crippen molar-refractivity contribution in [1.82, 2.24) is 10.2 Å². The van der Waals surface area contributed by atoms with Crippen molar-refractivity contribution in [2.45, 2.75) is 76.9 Å². The highest BCUT2D eigenvalue weighted by molar-refractivity contribution is 5.86. The summed E-state index contributed by atoms with van der Waals surface area (Å²) < 4.78 is 0. The molecule has 1 unspecified atom stereocenters. The topological polar surface area (TPSA) is 52.6 Å². The second-order valence-corrected chi connectivity index (χ2v) is 8.89. The maximum Gasteiger partial charge on any atom is 0.256 e. The van der Waals surface area contributed by atoms with E-state index in [9.17, 15) is 9.90 Å². The molecular weight excluding hydrogens is 336 g/mol. The van der Waals surface area contributed by atoms with Crippen molar-refractivity contribution < 1.29 is 9.90 Å². The van der Waals surface area contributed by atoms with Crippen LogP contribution in [0, 0.1) is 5.92 Å². The molecule has 1 saturated heterocycles. The number of likely N-dealkylation sites (tertiary alicyclic amines) is 1. The van der Waals surface area contributed by atoms with E-state index < -0.39 is 5.60 Å². The predicted octanol–water partition coefficient (Wildman–Crippen LogP) is 3.83. The van der Waals surface area contributed by atoms with Crippen molar-refractivity contribution >= 4 is 5.91 Å². The van der Waals surface area contributed by atoms with Gasteiger partial charge in [-0.3, -0.25) is 4.79 Å². The van der Waals surface area contributed by atoms with Crippen LogP contribution in [0.5, 0.6) is 0 Å². The Kier molecular flexibility index (Phi) is 6.93. The lowest BCUT2D eigenvalue weighted by molar-refractivity contribution is -0.157. The number of carbonyl (C=O) groups excluding carboxylic acids is 1. The van der Waals surface area contributed by atoms with Crippen molar-refractivity contribution in [3.05, 3.63) is 35.4 Å². The molecule has 3 rings (SSSR count). The molecule has 1 atom stereocenters. The number of hydrogen-bond donors (Lipinski definition) is 2. The van der Waals surface area contributed by atoms with Crippen LogP contribution in [0.25, 0.3) is 0 Å². The Morgan fingerprint density at radius 2 is 1.85 bits per heavy atom. The Labute approximate surface area is 164 Å². The van der Waals surface area contributed by atoms with Gasteiger partial charge in [-0.05, 0) is 55.2 Å². The minimum atomic E-state index is -1.25. The lowest BCUT2D eigenvalue weighted by Gasteiger charge is -2.38. The number of hydrogen-bond acceptors (Lipinski definition) is 3. The maximum atomic E-state index is 12.9. The van der Waals surface area contributed by atoms with Crippen molar-refractivity contribution in [2.24, 2.45) is 5.92 Å². The van der Waals surface area contributed by atoms with Crippen LogP contribution in [0.4, 0.5) is 0 Å². The van der Waals surface area contributed by atoms with Crippen molar-refractivity contribution in [3.8, 4) is 0 Å². The summed E-state index contributed by atoms with van der Waals surface area (Å²) in [4.78, 5) is 14.8. The average Bonchev–Trinajstić information content (AvgIpc) is 2.67. The lowest BCUT2D eigenvalue weighted by atomic mass is 9.88. The number of rotatable bonds is 7. The van der Waals surface area contributed by atoms with Crippen LogP contribution in [0.2, 0.25) is 0 Å². The number of nitrogens with zero attached hydrogens (tertiary/aromatic N) is 1. The fourth-order valence-electron chi connectivity index (χ4n) is 4.48. The monoisotopic (exact) mass is 372 g/mol. The summed E-state index contributed by atoms with van der Waals surface area (Å²) in [6.07, 6.45) is 7.96. The van der Waals surface area contributed by atoms with Gasteiger partial charge in [0.05, 0.1) is 0 Å².